The number of aromatic nitrogens is 2. The Morgan fingerprint density at radius 1 is 1.37 bits per heavy atom. The quantitative estimate of drug-likeness (QED) is 0.482. The van der Waals surface area contributed by atoms with Crippen molar-refractivity contribution in [1.82, 2.24) is 14.9 Å². The Morgan fingerprint density at radius 2 is 2.10 bits per heavy atom. The number of likely N-dealkylation sites (N-methyl/N-ethyl adjacent to an activating group) is 1. The zero-order chi connectivity index (χ0) is 22.1. The maximum Gasteiger partial charge on any atom is 0.410 e. The van der Waals surface area contributed by atoms with Crippen molar-refractivity contribution in [2.75, 3.05) is 31.7 Å². The van der Waals surface area contributed by atoms with Crippen LogP contribution in [0.5, 0.6) is 0 Å². The normalized spacial score (nSPS) is 21.7. The van der Waals surface area contributed by atoms with Gasteiger partial charge >= 0.3 is 6.09 Å². The number of alkyl halides is 1. The Hall–Kier alpha value is -1.89. The Kier molecular flexibility index (Phi) is 6.90. The maximum atomic E-state index is 12.8. The Balaban J connectivity index is 1.74. The second-order valence-electron chi connectivity index (χ2n) is 9.32. The van der Waals surface area contributed by atoms with Crippen molar-refractivity contribution in [3.05, 3.63) is 28.2 Å². The van der Waals surface area contributed by atoms with Gasteiger partial charge in [-0.05, 0) is 70.6 Å². The zero-order valence-corrected chi connectivity index (χ0v) is 19.3. The molecule has 6 nitrogen and oxygen atoms in total. The first kappa shape index (κ1) is 22.8. The summed E-state index contributed by atoms with van der Waals surface area (Å²) in [5.41, 5.74) is 2.35. The molecule has 0 saturated carbocycles. The molecule has 0 aromatic carbocycles. The van der Waals surface area contributed by atoms with Crippen LogP contribution in [-0.4, -0.2) is 59.4 Å². The molecule has 1 amide bonds. The first-order chi connectivity index (χ1) is 14.1. The highest BCUT2D eigenvalue weighted by molar-refractivity contribution is 6.28. The second kappa shape index (κ2) is 9.08. The van der Waals surface area contributed by atoms with Gasteiger partial charge < -0.3 is 14.5 Å². The van der Waals surface area contributed by atoms with E-state index in [-0.39, 0.29) is 23.3 Å². The van der Waals surface area contributed by atoms with E-state index in [4.69, 9.17) is 16.3 Å². The highest BCUT2D eigenvalue weighted by atomic mass is 35.5. The second-order valence-corrected chi connectivity index (χ2v) is 9.65. The molecule has 0 bridgehead atoms. The molecular formula is C22H32ClFN4O2. The minimum atomic E-state index is -0.519. The third-order valence-electron chi connectivity index (χ3n) is 5.77. The summed E-state index contributed by atoms with van der Waals surface area (Å²) in [6, 6.07) is 0.0524. The topological polar surface area (TPSA) is 58.6 Å². The van der Waals surface area contributed by atoms with Crippen molar-refractivity contribution in [1.29, 1.82) is 0 Å². The van der Waals surface area contributed by atoms with Gasteiger partial charge in [0, 0.05) is 31.6 Å². The lowest BCUT2D eigenvalue weighted by molar-refractivity contribution is 0.0238. The lowest BCUT2D eigenvalue weighted by Crippen LogP contribution is -2.42. The van der Waals surface area contributed by atoms with Crippen LogP contribution in [0.4, 0.5) is 15.0 Å². The highest BCUT2D eigenvalue weighted by Crippen LogP contribution is 2.40. The molecule has 0 N–H and O–H groups in total. The minimum absolute atomic E-state index is 0.0524. The van der Waals surface area contributed by atoms with Gasteiger partial charge in [0.15, 0.2) is 0 Å². The van der Waals surface area contributed by atoms with E-state index in [0.717, 1.165) is 54.9 Å². The molecule has 8 heteroatoms. The number of allylic oxidation sites excluding steroid dienone is 2. The largest absolute Gasteiger partial charge is 0.444 e. The lowest BCUT2D eigenvalue weighted by Gasteiger charge is -2.29. The number of anilines is 1. The number of amides is 1. The molecule has 2 atom stereocenters. The predicted molar refractivity (Wildman–Crippen MR) is 117 cm³/mol. The zero-order valence-electron chi connectivity index (χ0n) is 18.5. The number of nitrogens with zero attached hydrogens (tertiary/aromatic N) is 4. The van der Waals surface area contributed by atoms with Crippen LogP contribution in [-0.2, 0) is 11.2 Å². The molecule has 2 aliphatic rings. The third-order valence-corrected chi connectivity index (χ3v) is 5.94. The van der Waals surface area contributed by atoms with Gasteiger partial charge in [-0.15, -0.1) is 0 Å². The molecule has 1 aromatic heterocycles. The van der Waals surface area contributed by atoms with Crippen molar-refractivity contribution in [2.24, 2.45) is 0 Å². The van der Waals surface area contributed by atoms with Crippen LogP contribution in [0.15, 0.2) is 11.6 Å². The number of ether oxygens (including phenoxy) is 1. The van der Waals surface area contributed by atoms with Gasteiger partial charge in [-0.2, -0.15) is 0 Å². The maximum absolute atomic E-state index is 12.8. The molecule has 1 saturated heterocycles. The Bertz CT molecular complexity index is 824. The first-order valence-corrected chi connectivity index (χ1v) is 11.0. The standard InChI is InChI=1S/C22H32ClFN4O2/c1-14(12-24)6-7-15-8-9-17-18(15)25-20(23)26-19(17)28-11-10-16(13-28)27(5)21(29)30-22(2,3)4/h6,15-16H,7-13H2,1-5H3. The summed E-state index contributed by atoms with van der Waals surface area (Å²) in [5.74, 6) is 1.11. The fourth-order valence-electron chi connectivity index (χ4n) is 4.12. The minimum Gasteiger partial charge on any atom is -0.444 e. The van der Waals surface area contributed by atoms with Crippen LogP contribution in [0.1, 0.15) is 64.1 Å². The molecule has 0 spiro atoms. The number of halogens is 2. The van der Waals surface area contributed by atoms with Crippen LogP contribution in [0.3, 0.4) is 0 Å². The van der Waals surface area contributed by atoms with Crippen LogP contribution in [0.25, 0.3) is 0 Å². The van der Waals surface area contributed by atoms with E-state index in [1.807, 2.05) is 26.8 Å². The van der Waals surface area contributed by atoms with E-state index in [0.29, 0.717) is 6.54 Å². The van der Waals surface area contributed by atoms with Gasteiger partial charge in [-0.1, -0.05) is 6.08 Å². The van der Waals surface area contributed by atoms with Crippen LogP contribution in [0.2, 0.25) is 5.28 Å². The third kappa shape index (κ3) is 5.23. The molecule has 1 aliphatic heterocycles. The van der Waals surface area contributed by atoms with Crippen LogP contribution < -0.4 is 4.90 Å². The fraction of sp³-hybridized carbons (Fsp3) is 0.682. The van der Waals surface area contributed by atoms with Crippen molar-refractivity contribution < 1.29 is 13.9 Å². The van der Waals surface area contributed by atoms with Crippen molar-refractivity contribution in [2.45, 2.75) is 70.9 Å². The van der Waals surface area contributed by atoms with Crippen molar-refractivity contribution in [3.8, 4) is 0 Å². The number of carbonyl (C=O) groups is 1. The number of fused-ring (bicyclic) bond motifs is 1. The number of hydrogen-bond acceptors (Lipinski definition) is 5. The number of carbonyl (C=O) groups excluding carboxylic acids is 1. The van der Waals surface area contributed by atoms with E-state index in [2.05, 4.69) is 14.9 Å². The number of hydrogen-bond donors (Lipinski definition) is 0. The summed E-state index contributed by atoms with van der Waals surface area (Å²) in [6.45, 7) is 8.46. The van der Waals surface area contributed by atoms with Crippen LogP contribution in [0, 0.1) is 0 Å². The molecular weight excluding hydrogens is 407 g/mol. The summed E-state index contributed by atoms with van der Waals surface area (Å²) in [7, 11) is 1.79. The summed E-state index contributed by atoms with van der Waals surface area (Å²) in [4.78, 5) is 25.4. The van der Waals surface area contributed by atoms with Gasteiger partial charge in [0.05, 0.1) is 11.7 Å². The van der Waals surface area contributed by atoms with Gasteiger partial charge in [-0.3, -0.25) is 0 Å². The molecule has 0 radical (unpaired) electrons. The van der Waals surface area contributed by atoms with E-state index >= 15 is 0 Å². The Labute approximate surface area is 183 Å². The van der Waals surface area contributed by atoms with E-state index < -0.39 is 12.3 Å². The van der Waals surface area contributed by atoms with Crippen molar-refractivity contribution >= 4 is 23.5 Å². The molecule has 3 rings (SSSR count). The smallest absolute Gasteiger partial charge is 0.410 e. The average Bonchev–Trinajstić information content (AvgIpc) is 3.30. The first-order valence-electron chi connectivity index (χ1n) is 10.6. The molecule has 30 heavy (non-hydrogen) atoms. The van der Waals surface area contributed by atoms with E-state index in [1.165, 1.54) is 0 Å². The molecule has 1 aromatic rings. The average molecular weight is 439 g/mol. The van der Waals surface area contributed by atoms with Crippen LogP contribution >= 0.6 is 11.6 Å². The monoisotopic (exact) mass is 438 g/mol. The van der Waals surface area contributed by atoms with Gasteiger partial charge in [0.1, 0.15) is 18.1 Å². The molecule has 2 unspecified atom stereocenters. The lowest BCUT2D eigenvalue weighted by atomic mass is 10.0. The molecule has 2 heterocycles. The Morgan fingerprint density at radius 3 is 2.77 bits per heavy atom. The predicted octanol–water partition coefficient (Wildman–Crippen LogP) is 4.91. The molecule has 1 fully saturated rings. The summed E-state index contributed by atoms with van der Waals surface area (Å²) in [6.07, 6.45) is 5.10. The highest BCUT2D eigenvalue weighted by Gasteiger charge is 2.35. The molecule has 1 aliphatic carbocycles. The number of rotatable bonds is 5. The summed E-state index contributed by atoms with van der Waals surface area (Å²) < 4.78 is 18.3. The van der Waals surface area contributed by atoms with E-state index in [1.54, 1.807) is 18.9 Å². The summed E-state index contributed by atoms with van der Waals surface area (Å²) in [5, 5.41) is 0.241. The molecule has 166 valence electrons. The van der Waals surface area contributed by atoms with E-state index in [9.17, 15) is 9.18 Å². The van der Waals surface area contributed by atoms with Gasteiger partial charge in [0.25, 0.3) is 0 Å². The van der Waals surface area contributed by atoms with Crippen molar-refractivity contribution in [3.63, 3.8) is 0 Å². The van der Waals surface area contributed by atoms with Gasteiger partial charge in [0.2, 0.25) is 5.28 Å². The SMILES string of the molecule is CC(=CCC1CCc2c1nc(Cl)nc2N1CCC(N(C)C(=O)OC(C)(C)C)C1)CF. The van der Waals surface area contributed by atoms with Gasteiger partial charge in [-0.25, -0.2) is 19.2 Å². The summed E-state index contributed by atoms with van der Waals surface area (Å²) >= 11 is 6.28. The fourth-order valence-corrected chi connectivity index (χ4v) is 4.29.